The van der Waals surface area contributed by atoms with Gasteiger partial charge < -0.3 is 14.8 Å². The van der Waals surface area contributed by atoms with E-state index in [4.69, 9.17) is 11.6 Å². The first kappa shape index (κ1) is 20.9. The van der Waals surface area contributed by atoms with Gasteiger partial charge in [-0.25, -0.2) is 4.79 Å². The fourth-order valence-corrected chi connectivity index (χ4v) is 3.80. The Morgan fingerprint density at radius 3 is 2.16 bits per heavy atom. The molecule has 1 aliphatic heterocycles. The highest BCUT2D eigenvalue weighted by atomic mass is 35.5. The Bertz CT molecular complexity index is 1240. The molecule has 0 radical (unpaired) electrons. The van der Waals surface area contributed by atoms with Crippen molar-refractivity contribution in [3.63, 3.8) is 0 Å². The van der Waals surface area contributed by atoms with Crippen LogP contribution in [0.5, 0.6) is 0 Å². The number of hydrogen-bond acceptors (Lipinski definition) is 4. The summed E-state index contributed by atoms with van der Waals surface area (Å²) in [5.41, 5.74) is 0.204. The van der Waals surface area contributed by atoms with Crippen LogP contribution in [0, 0.1) is 0 Å². The van der Waals surface area contributed by atoms with Crippen molar-refractivity contribution >= 4 is 34.3 Å². The van der Waals surface area contributed by atoms with Gasteiger partial charge in [0.05, 0.1) is 17.3 Å². The molecule has 0 spiro atoms. The number of benzene rings is 2. The van der Waals surface area contributed by atoms with Gasteiger partial charge in [0.1, 0.15) is 6.54 Å². The Hall–Kier alpha value is -3.39. The maximum Gasteiger partial charge on any atom is 0.329 e. The lowest BCUT2D eigenvalue weighted by molar-refractivity contribution is -0.139. The molecular formula is C22H21ClN4O4. The Morgan fingerprint density at radius 2 is 1.48 bits per heavy atom. The quantitative estimate of drug-likeness (QED) is 0.660. The van der Waals surface area contributed by atoms with Crippen molar-refractivity contribution in [2.24, 2.45) is 0 Å². The fourth-order valence-electron chi connectivity index (χ4n) is 3.67. The van der Waals surface area contributed by atoms with Crippen LogP contribution in [0.15, 0.2) is 58.1 Å². The molecule has 0 atom stereocenters. The van der Waals surface area contributed by atoms with Crippen molar-refractivity contribution in [3.05, 3.63) is 80.0 Å². The molecule has 0 saturated carbocycles. The lowest BCUT2D eigenvalue weighted by atomic mass is 10.1. The van der Waals surface area contributed by atoms with Crippen LogP contribution < -0.4 is 11.2 Å². The van der Waals surface area contributed by atoms with E-state index in [9.17, 15) is 19.2 Å². The number of amides is 2. The molecular weight excluding hydrogens is 420 g/mol. The summed E-state index contributed by atoms with van der Waals surface area (Å²) in [4.78, 5) is 56.1. The third kappa shape index (κ3) is 4.54. The Labute approximate surface area is 182 Å². The van der Waals surface area contributed by atoms with Gasteiger partial charge in [-0.3, -0.25) is 19.0 Å². The van der Waals surface area contributed by atoms with Crippen LogP contribution in [0.25, 0.3) is 10.9 Å². The number of fused-ring (bicyclic) bond motifs is 1. The minimum Gasteiger partial charge on any atom is -0.339 e. The van der Waals surface area contributed by atoms with Crippen LogP contribution in [0.4, 0.5) is 0 Å². The van der Waals surface area contributed by atoms with Crippen LogP contribution in [0.1, 0.15) is 5.56 Å². The second-order valence-electron chi connectivity index (χ2n) is 7.43. The minimum atomic E-state index is -0.617. The molecule has 0 unspecified atom stereocenters. The number of aromatic nitrogens is 2. The number of halogens is 1. The normalized spacial score (nSPS) is 14.1. The van der Waals surface area contributed by atoms with Gasteiger partial charge >= 0.3 is 5.69 Å². The van der Waals surface area contributed by atoms with Crippen LogP contribution in [-0.2, 0) is 22.6 Å². The van der Waals surface area contributed by atoms with Crippen molar-refractivity contribution in [3.8, 4) is 0 Å². The van der Waals surface area contributed by atoms with E-state index >= 15 is 0 Å². The first-order chi connectivity index (χ1) is 14.9. The van der Waals surface area contributed by atoms with Gasteiger partial charge in [0.15, 0.2) is 0 Å². The molecule has 1 N–H and O–H groups in total. The highest BCUT2D eigenvalue weighted by Crippen LogP contribution is 2.12. The number of H-pyrrole nitrogens is 1. The number of aromatic amines is 1. The number of carbonyl (C=O) groups excluding carboxylic acids is 2. The van der Waals surface area contributed by atoms with E-state index in [0.29, 0.717) is 42.1 Å². The van der Waals surface area contributed by atoms with Crippen molar-refractivity contribution in [2.45, 2.75) is 13.0 Å². The molecule has 2 heterocycles. The highest BCUT2D eigenvalue weighted by molar-refractivity contribution is 6.30. The summed E-state index contributed by atoms with van der Waals surface area (Å²) in [5, 5.41) is 0.972. The van der Waals surface area contributed by atoms with E-state index in [1.54, 1.807) is 46.2 Å². The van der Waals surface area contributed by atoms with E-state index in [1.807, 2.05) is 12.1 Å². The van der Waals surface area contributed by atoms with Gasteiger partial charge in [-0.05, 0) is 29.8 Å². The number of carbonyl (C=O) groups is 2. The molecule has 9 heteroatoms. The zero-order valence-electron chi connectivity index (χ0n) is 16.7. The van der Waals surface area contributed by atoms with Gasteiger partial charge in [-0.2, -0.15) is 0 Å². The molecule has 0 aliphatic carbocycles. The predicted octanol–water partition coefficient (Wildman–Crippen LogP) is 1.26. The fraction of sp³-hybridized carbons (Fsp3) is 0.273. The smallest absolute Gasteiger partial charge is 0.329 e. The SMILES string of the molecule is O=C(Cc1ccc(Cl)cc1)N1CCN(C(=O)Cn2c(=O)[nH]c3ccccc3c2=O)CC1. The molecule has 4 rings (SSSR count). The second kappa shape index (κ2) is 8.77. The maximum absolute atomic E-state index is 12.7. The molecule has 1 fully saturated rings. The number of para-hydroxylation sites is 1. The van der Waals surface area contributed by atoms with E-state index in [1.165, 1.54) is 0 Å². The third-order valence-corrected chi connectivity index (χ3v) is 5.69. The average Bonchev–Trinajstić information content (AvgIpc) is 2.78. The number of hydrogen-bond donors (Lipinski definition) is 1. The van der Waals surface area contributed by atoms with E-state index in [0.717, 1.165) is 10.1 Å². The highest BCUT2D eigenvalue weighted by Gasteiger charge is 2.25. The zero-order valence-corrected chi connectivity index (χ0v) is 17.5. The van der Waals surface area contributed by atoms with E-state index in [-0.39, 0.29) is 24.8 Å². The summed E-state index contributed by atoms with van der Waals surface area (Å²) < 4.78 is 0.919. The van der Waals surface area contributed by atoms with Gasteiger partial charge in [0.25, 0.3) is 5.56 Å². The van der Waals surface area contributed by atoms with Gasteiger partial charge in [0.2, 0.25) is 11.8 Å². The molecule has 160 valence electrons. The molecule has 1 aromatic heterocycles. The molecule has 1 saturated heterocycles. The molecule has 2 amide bonds. The molecule has 1 aliphatic rings. The van der Waals surface area contributed by atoms with Crippen LogP contribution in [0.3, 0.4) is 0 Å². The van der Waals surface area contributed by atoms with E-state index in [2.05, 4.69) is 4.98 Å². The number of rotatable bonds is 4. The van der Waals surface area contributed by atoms with Crippen molar-refractivity contribution in [2.75, 3.05) is 26.2 Å². The standard InChI is InChI=1S/C22H21ClN4O4/c23-16-7-5-15(6-8-16)13-19(28)25-9-11-26(12-10-25)20(29)14-27-21(30)17-3-1-2-4-18(17)24-22(27)31/h1-8H,9-14H2,(H,24,31). The summed E-state index contributed by atoms with van der Waals surface area (Å²) in [6, 6.07) is 13.8. The Balaban J connectivity index is 1.38. The van der Waals surface area contributed by atoms with Gasteiger partial charge in [-0.15, -0.1) is 0 Å². The summed E-state index contributed by atoms with van der Waals surface area (Å²) in [5.74, 6) is -0.343. The molecule has 0 bridgehead atoms. The summed E-state index contributed by atoms with van der Waals surface area (Å²) in [6.45, 7) is 1.18. The lowest BCUT2D eigenvalue weighted by Crippen LogP contribution is -2.52. The first-order valence-electron chi connectivity index (χ1n) is 9.94. The van der Waals surface area contributed by atoms with E-state index < -0.39 is 11.2 Å². The lowest BCUT2D eigenvalue weighted by Gasteiger charge is -2.35. The van der Waals surface area contributed by atoms with Crippen LogP contribution in [0.2, 0.25) is 5.02 Å². The Kier molecular flexibility index (Phi) is 5.90. The van der Waals surface area contributed by atoms with Gasteiger partial charge in [0, 0.05) is 31.2 Å². The van der Waals surface area contributed by atoms with Gasteiger partial charge in [-0.1, -0.05) is 35.9 Å². The average molecular weight is 441 g/mol. The van der Waals surface area contributed by atoms with Crippen LogP contribution in [-0.4, -0.2) is 57.3 Å². The summed E-state index contributed by atoms with van der Waals surface area (Å²) >= 11 is 5.87. The summed E-state index contributed by atoms with van der Waals surface area (Å²) in [6.07, 6.45) is 0.271. The predicted molar refractivity (Wildman–Crippen MR) is 117 cm³/mol. The second-order valence-corrected chi connectivity index (χ2v) is 7.87. The number of nitrogens with zero attached hydrogens (tertiary/aromatic N) is 3. The van der Waals surface area contributed by atoms with Crippen molar-refractivity contribution < 1.29 is 9.59 Å². The minimum absolute atomic E-state index is 0.0170. The van der Waals surface area contributed by atoms with Crippen molar-refractivity contribution in [1.29, 1.82) is 0 Å². The van der Waals surface area contributed by atoms with Crippen molar-refractivity contribution in [1.82, 2.24) is 19.4 Å². The topological polar surface area (TPSA) is 95.5 Å². The molecule has 8 nitrogen and oxygen atoms in total. The molecule has 31 heavy (non-hydrogen) atoms. The third-order valence-electron chi connectivity index (χ3n) is 5.44. The largest absolute Gasteiger partial charge is 0.339 e. The number of piperazine rings is 1. The summed E-state index contributed by atoms with van der Waals surface area (Å²) in [7, 11) is 0. The Morgan fingerprint density at radius 1 is 0.871 bits per heavy atom. The number of nitrogens with one attached hydrogen (secondary N) is 1. The molecule has 3 aromatic rings. The monoisotopic (exact) mass is 440 g/mol. The zero-order chi connectivity index (χ0) is 22.0. The maximum atomic E-state index is 12.7. The first-order valence-corrected chi connectivity index (χ1v) is 10.3. The molecule has 2 aromatic carbocycles. The van der Waals surface area contributed by atoms with Crippen LogP contribution >= 0.6 is 11.6 Å².